The van der Waals surface area contributed by atoms with Crippen LogP contribution in [0, 0.1) is 0 Å². The Balaban J connectivity index is 2.36. The number of aromatic carboxylic acids is 1. The molecular formula is C18H18O4. The van der Waals surface area contributed by atoms with E-state index in [0.717, 1.165) is 12.8 Å². The van der Waals surface area contributed by atoms with Gasteiger partial charge in [0, 0.05) is 5.56 Å². The summed E-state index contributed by atoms with van der Waals surface area (Å²) < 4.78 is 5.63. The average Bonchev–Trinajstić information content (AvgIpc) is 2.55. The monoisotopic (exact) mass is 298 g/mol. The molecule has 0 atom stereocenters. The third kappa shape index (κ3) is 3.73. The van der Waals surface area contributed by atoms with Crippen LogP contribution in [0.4, 0.5) is 0 Å². The predicted molar refractivity (Wildman–Crippen MR) is 83.7 cm³/mol. The Kier molecular flexibility index (Phi) is 5.31. The van der Waals surface area contributed by atoms with Crippen molar-refractivity contribution in [2.24, 2.45) is 0 Å². The van der Waals surface area contributed by atoms with Crippen molar-refractivity contribution in [3.8, 4) is 5.75 Å². The van der Waals surface area contributed by atoms with E-state index < -0.39 is 5.97 Å². The maximum absolute atomic E-state index is 12.6. The van der Waals surface area contributed by atoms with Gasteiger partial charge in [0.25, 0.3) is 0 Å². The second kappa shape index (κ2) is 7.41. The van der Waals surface area contributed by atoms with Crippen molar-refractivity contribution >= 4 is 11.8 Å². The van der Waals surface area contributed by atoms with Gasteiger partial charge in [0.05, 0.1) is 17.7 Å². The van der Waals surface area contributed by atoms with Gasteiger partial charge in [-0.15, -0.1) is 0 Å². The van der Waals surface area contributed by atoms with Crippen molar-refractivity contribution < 1.29 is 19.4 Å². The number of carboxylic acids is 1. The molecule has 0 radical (unpaired) electrons. The number of carboxylic acid groups (broad SMARTS) is 1. The summed E-state index contributed by atoms with van der Waals surface area (Å²) in [6.45, 7) is 2.49. The Hall–Kier alpha value is -2.62. The first-order chi connectivity index (χ1) is 10.6. The molecule has 0 saturated carbocycles. The van der Waals surface area contributed by atoms with Gasteiger partial charge in [0.2, 0.25) is 0 Å². The molecule has 0 unspecified atom stereocenters. The number of benzene rings is 2. The summed E-state index contributed by atoms with van der Waals surface area (Å²) in [4.78, 5) is 23.6. The van der Waals surface area contributed by atoms with E-state index in [1.807, 2.05) is 13.0 Å². The van der Waals surface area contributed by atoms with Crippen LogP contribution in [0.5, 0.6) is 5.75 Å². The van der Waals surface area contributed by atoms with E-state index in [2.05, 4.69) is 0 Å². The van der Waals surface area contributed by atoms with E-state index in [9.17, 15) is 9.59 Å². The van der Waals surface area contributed by atoms with Gasteiger partial charge in [-0.3, -0.25) is 4.79 Å². The minimum Gasteiger partial charge on any atom is -0.493 e. The number of rotatable bonds is 7. The first kappa shape index (κ1) is 15.8. The summed E-state index contributed by atoms with van der Waals surface area (Å²) in [7, 11) is 0. The van der Waals surface area contributed by atoms with Gasteiger partial charge in [0.1, 0.15) is 5.75 Å². The van der Waals surface area contributed by atoms with Gasteiger partial charge in [-0.05, 0) is 24.6 Å². The number of unbranched alkanes of at least 4 members (excludes halogenated alkanes) is 1. The summed E-state index contributed by atoms with van der Waals surface area (Å²) in [6, 6.07) is 13.2. The molecule has 2 rings (SSSR count). The quantitative estimate of drug-likeness (QED) is 0.624. The van der Waals surface area contributed by atoms with Gasteiger partial charge >= 0.3 is 5.97 Å². The third-order valence-corrected chi connectivity index (χ3v) is 3.26. The van der Waals surface area contributed by atoms with Gasteiger partial charge in [0.15, 0.2) is 5.78 Å². The lowest BCUT2D eigenvalue weighted by Crippen LogP contribution is -2.08. The second-order valence-corrected chi connectivity index (χ2v) is 4.91. The maximum Gasteiger partial charge on any atom is 0.335 e. The minimum absolute atomic E-state index is 0.108. The van der Waals surface area contributed by atoms with Gasteiger partial charge in [-0.25, -0.2) is 4.79 Å². The Labute approximate surface area is 129 Å². The summed E-state index contributed by atoms with van der Waals surface area (Å²) in [5, 5.41) is 9.09. The fourth-order valence-electron chi connectivity index (χ4n) is 2.03. The molecule has 0 spiro atoms. The van der Waals surface area contributed by atoms with Crippen molar-refractivity contribution in [3.05, 3.63) is 65.2 Å². The first-order valence-electron chi connectivity index (χ1n) is 7.23. The third-order valence-electron chi connectivity index (χ3n) is 3.26. The maximum atomic E-state index is 12.6. The minimum atomic E-state index is -1.04. The smallest absolute Gasteiger partial charge is 0.335 e. The Morgan fingerprint density at radius 1 is 1.05 bits per heavy atom. The molecular weight excluding hydrogens is 280 g/mol. The van der Waals surface area contributed by atoms with Crippen LogP contribution >= 0.6 is 0 Å². The van der Waals surface area contributed by atoms with E-state index in [-0.39, 0.29) is 11.3 Å². The molecule has 0 heterocycles. The first-order valence-corrected chi connectivity index (χ1v) is 7.23. The SMILES string of the molecule is CCCCOc1cc(C(=O)O)ccc1C(=O)c1ccccc1. The topological polar surface area (TPSA) is 63.6 Å². The zero-order valence-corrected chi connectivity index (χ0v) is 12.4. The van der Waals surface area contributed by atoms with E-state index in [1.54, 1.807) is 24.3 Å². The highest BCUT2D eigenvalue weighted by atomic mass is 16.5. The van der Waals surface area contributed by atoms with Crippen molar-refractivity contribution in [2.45, 2.75) is 19.8 Å². The fourth-order valence-corrected chi connectivity index (χ4v) is 2.03. The Morgan fingerprint density at radius 2 is 1.77 bits per heavy atom. The molecule has 22 heavy (non-hydrogen) atoms. The lowest BCUT2D eigenvalue weighted by atomic mass is 10.0. The van der Waals surface area contributed by atoms with Gasteiger partial charge in [-0.2, -0.15) is 0 Å². The summed E-state index contributed by atoms with van der Waals surface area (Å²) in [5.74, 6) is -0.898. The predicted octanol–water partition coefficient (Wildman–Crippen LogP) is 3.79. The fraction of sp³-hybridized carbons (Fsp3) is 0.222. The van der Waals surface area contributed by atoms with Crippen LogP contribution in [0.1, 0.15) is 46.0 Å². The number of hydrogen-bond acceptors (Lipinski definition) is 3. The van der Waals surface area contributed by atoms with Gasteiger partial charge < -0.3 is 9.84 Å². The van der Waals surface area contributed by atoms with Crippen molar-refractivity contribution in [1.82, 2.24) is 0 Å². The zero-order valence-electron chi connectivity index (χ0n) is 12.4. The van der Waals surface area contributed by atoms with Crippen LogP contribution in [0.3, 0.4) is 0 Å². The highest BCUT2D eigenvalue weighted by molar-refractivity contribution is 6.11. The molecule has 4 heteroatoms. The van der Waals surface area contributed by atoms with Crippen molar-refractivity contribution in [1.29, 1.82) is 0 Å². The van der Waals surface area contributed by atoms with E-state index >= 15 is 0 Å². The molecule has 0 aromatic heterocycles. The van der Waals surface area contributed by atoms with Crippen LogP contribution in [0.2, 0.25) is 0 Å². The standard InChI is InChI=1S/C18H18O4/c1-2-3-11-22-16-12-14(18(20)21)9-10-15(16)17(19)13-7-5-4-6-8-13/h4-10,12H,2-3,11H2,1H3,(H,20,21). The van der Waals surface area contributed by atoms with Crippen molar-refractivity contribution in [3.63, 3.8) is 0 Å². The summed E-state index contributed by atoms with van der Waals surface area (Å²) >= 11 is 0. The van der Waals surface area contributed by atoms with Crippen LogP contribution < -0.4 is 4.74 Å². The largest absolute Gasteiger partial charge is 0.493 e. The van der Waals surface area contributed by atoms with Crippen LogP contribution in [-0.2, 0) is 0 Å². The average molecular weight is 298 g/mol. The van der Waals surface area contributed by atoms with Crippen LogP contribution in [0.25, 0.3) is 0 Å². The zero-order chi connectivity index (χ0) is 15.9. The van der Waals surface area contributed by atoms with Crippen LogP contribution in [0.15, 0.2) is 48.5 Å². The molecule has 0 bridgehead atoms. The summed E-state index contributed by atoms with van der Waals surface area (Å²) in [6.07, 6.45) is 1.80. The highest BCUT2D eigenvalue weighted by Crippen LogP contribution is 2.24. The number of ketones is 1. The molecule has 0 aliphatic rings. The molecule has 0 aliphatic carbocycles. The Bertz CT molecular complexity index is 662. The normalized spacial score (nSPS) is 10.2. The molecule has 0 fully saturated rings. The number of carbonyl (C=O) groups is 2. The molecule has 4 nitrogen and oxygen atoms in total. The number of ether oxygens (including phenoxy) is 1. The Morgan fingerprint density at radius 3 is 2.41 bits per heavy atom. The molecule has 1 N–H and O–H groups in total. The number of carbonyl (C=O) groups excluding carboxylic acids is 1. The number of hydrogen-bond donors (Lipinski definition) is 1. The van der Waals surface area contributed by atoms with E-state index in [1.165, 1.54) is 18.2 Å². The van der Waals surface area contributed by atoms with E-state index in [0.29, 0.717) is 23.5 Å². The molecule has 0 saturated heterocycles. The molecule has 0 amide bonds. The molecule has 0 aliphatic heterocycles. The van der Waals surface area contributed by atoms with Crippen molar-refractivity contribution in [2.75, 3.05) is 6.61 Å². The molecule has 2 aromatic carbocycles. The summed E-state index contributed by atoms with van der Waals surface area (Å²) in [5.41, 5.74) is 1.04. The van der Waals surface area contributed by atoms with Gasteiger partial charge in [-0.1, -0.05) is 43.7 Å². The van der Waals surface area contributed by atoms with E-state index in [4.69, 9.17) is 9.84 Å². The van der Waals surface area contributed by atoms with Crippen LogP contribution in [-0.4, -0.2) is 23.5 Å². The lowest BCUT2D eigenvalue weighted by molar-refractivity contribution is 0.0695. The highest BCUT2D eigenvalue weighted by Gasteiger charge is 2.17. The second-order valence-electron chi connectivity index (χ2n) is 4.91. The lowest BCUT2D eigenvalue weighted by Gasteiger charge is -2.11. The molecule has 2 aromatic rings. The molecule has 114 valence electrons.